The largest absolute Gasteiger partial charge is 0.508 e. The summed E-state index contributed by atoms with van der Waals surface area (Å²) in [6, 6.07) is 1.84. The van der Waals surface area contributed by atoms with Gasteiger partial charge in [-0.1, -0.05) is 93.2 Å². The van der Waals surface area contributed by atoms with E-state index in [1.807, 2.05) is 26.0 Å². The number of phenolic OH excluding ortho intramolecular Hbond substituents is 1. The van der Waals surface area contributed by atoms with Gasteiger partial charge in [-0.2, -0.15) is 0 Å². The smallest absolute Gasteiger partial charge is 0.126 e. The van der Waals surface area contributed by atoms with E-state index in [-0.39, 0.29) is 0 Å². The number of hydrogen-bond donors (Lipinski definition) is 2. The summed E-state index contributed by atoms with van der Waals surface area (Å²) in [7, 11) is 0. The van der Waals surface area contributed by atoms with Crippen molar-refractivity contribution >= 4 is 0 Å². The van der Waals surface area contributed by atoms with Gasteiger partial charge < -0.3 is 14.9 Å². The van der Waals surface area contributed by atoms with E-state index in [1.54, 1.807) is 0 Å². The molecule has 1 aliphatic rings. The molecule has 312 valence electrons. The van der Waals surface area contributed by atoms with Crippen molar-refractivity contribution in [3.05, 3.63) is 116 Å². The van der Waals surface area contributed by atoms with Crippen LogP contribution in [0.2, 0.25) is 0 Å². The van der Waals surface area contributed by atoms with Crippen LogP contribution in [-0.4, -0.2) is 21.9 Å². The Kier molecular flexibility index (Phi) is 22.5. The van der Waals surface area contributed by atoms with Crippen molar-refractivity contribution in [3.8, 4) is 11.5 Å². The Morgan fingerprint density at radius 2 is 0.946 bits per heavy atom. The van der Waals surface area contributed by atoms with Gasteiger partial charge in [0, 0.05) is 6.42 Å². The van der Waals surface area contributed by atoms with Crippen molar-refractivity contribution in [1.82, 2.24) is 0 Å². The molecular formula is C53H82O3. The maximum Gasteiger partial charge on any atom is 0.126 e. The summed E-state index contributed by atoms with van der Waals surface area (Å²) in [5.41, 5.74) is 14.1. The molecule has 0 fully saturated rings. The number of aryl methyl sites for hydroxylation is 1. The van der Waals surface area contributed by atoms with Crippen LogP contribution in [0.4, 0.5) is 0 Å². The number of aromatic hydroxyl groups is 1. The third-order valence-corrected chi connectivity index (χ3v) is 11.6. The lowest BCUT2D eigenvalue weighted by Crippen LogP contribution is -2.39. The lowest BCUT2D eigenvalue weighted by molar-refractivity contribution is 0.0213. The highest BCUT2D eigenvalue weighted by Gasteiger charge is 2.34. The fourth-order valence-corrected chi connectivity index (χ4v) is 7.50. The molecule has 0 radical (unpaired) electrons. The lowest BCUT2D eigenvalue weighted by Gasteiger charge is -2.38. The normalized spacial score (nSPS) is 18.2. The number of aliphatic hydroxyl groups is 1. The standard InChI is InChI=1S/C53H82O3/c1-39(2)20-13-21-40(3)22-14-23-41(4)24-15-25-42(5)26-16-27-43(6)28-17-29-44(7)30-18-31-45(8)32-19-33-46(9)36-50(54)38-53(12)35-34-49-37-51(55)47(10)48(11)52(49)56-53/h20,22,24,26,28,30,32,36-37,50,54-55H,13-19,21,23,25,27,29,31,33-35,38H2,1-12H3/b40-22+,41-24+,42-26+,43-28+,44-30+,45-32+,46-36+/t50?,53-/m1/s1. The minimum atomic E-state index is -0.541. The van der Waals surface area contributed by atoms with Crippen LogP contribution in [0.25, 0.3) is 0 Å². The van der Waals surface area contributed by atoms with Gasteiger partial charge in [-0.15, -0.1) is 0 Å². The zero-order valence-electron chi connectivity index (χ0n) is 38.1. The van der Waals surface area contributed by atoms with Crippen molar-refractivity contribution in [2.24, 2.45) is 0 Å². The highest BCUT2D eigenvalue weighted by molar-refractivity contribution is 5.53. The molecule has 1 aromatic carbocycles. The van der Waals surface area contributed by atoms with E-state index in [1.165, 1.54) is 57.4 Å². The van der Waals surface area contributed by atoms with Gasteiger partial charge in [-0.25, -0.2) is 0 Å². The molecule has 0 bridgehead atoms. The second-order valence-corrected chi connectivity index (χ2v) is 17.8. The molecular weight excluding hydrogens is 685 g/mol. The van der Waals surface area contributed by atoms with Crippen molar-refractivity contribution in [1.29, 1.82) is 0 Å². The highest BCUT2D eigenvalue weighted by atomic mass is 16.5. The molecule has 0 saturated carbocycles. The van der Waals surface area contributed by atoms with E-state index in [2.05, 4.69) is 112 Å². The van der Waals surface area contributed by atoms with Crippen LogP contribution < -0.4 is 4.74 Å². The van der Waals surface area contributed by atoms with Gasteiger partial charge in [-0.3, -0.25) is 0 Å². The van der Waals surface area contributed by atoms with Gasteiger partial charge in [0.1, 0.15) is 17.1 Å². The predicted molar refractivity (Wildman–Crippen MR) is 246 cm³/mol. The number of allylic oxidation sites excluding steroid dienone is 15. The average molecular weight is 767 g/mol. The second-order valence-electron chi connectivity index (χ2n) is 17.8. The van der Waals surface area contributed by atoms with Crippen LogP contribution >= 0.6 is 0 Å². The summed E-state index contributed by atoms with van der Waals surface area (Å²) < 4.78 is 6.47. The topological polar surface area (TPSA) is 49.7 Å². The predicted octanol–water partition coefficient (Wildman–Crippen LogP) is 15.9. The molecule has 1 aliphatic heterocycles. The molecule has 1 aromatic rings. The first-order valence-electron chi connectivity index (χ1n) is 21.9. The minimum absolute atomic E-state index is 0.335. The van der Waals surface area contributed by atoms with E-state index in [4.69, 9.17) is 4.74 Å². The summed E-state index contributed by atoms with van der Waals surface area (Å²) in [6.07, 6.45) is 36.3. The number of ether oxygens (including phenoxy) is 1. The Hall–Kier alpha value is -3.30. The van der Waals surface area contributed by atoms with E-state index >= 15 is 0 Å². The summed E-state index contributed by atoms with van der Waals surface area (Å²) in [4.78, 5) is 0. The van der Waals surface area contributed by atoms with Crippen LogP contribution in [0.15, 0.2) is 99.3 Å². The SMILES string of the molecule is CC(C)=CCC/C(C)=C/CC/C(C)=C/CC/C(C)=C/CC/C(C)=C/CC/C(C)=C/CC/C(C)=C/CC/C(C)=C/C(O)C[C@@]1(C)CCc2cc(O)c(C)c(C)c2O1. The summed E-state index contributed by atoms with van der Waals surface area (Å²) >= 11 is 0. The zero-order valence-corrected chi connectivity index (χ0v) is 38.1. The van der Waals surface area contributed by atoms with E-state index in [9.17, 15) is 10.2 Å². The monoisotopic (exact) mass is 767 g/mol. The molecule has 0 aromatic heterocycles. The Morgan fingerprint density at radius 3 is 1.32 bits per heavy atom. The first kappa shape index (κ1) is 48.8. The van der Waals surface area contributed by atoms with Gasteiger partial charge in [-0.05, 0) is 209 Å². The van der Waals surface area contributed by atoms with E-state index in [0.717, 1.165) is 112 Å². The van der Waals surface area contributed by atoms with Crippen molar-refractivity contribution in [3.63, 3.8) is 0 Å². The molecule has 56 heavy (non-hydrogen) atoms. The number of hydrogen-bond acceptors (Lipinski definition) is 3. The molecule has 3 heteroatoms. The molecule has 3 nitrogen and oxygen atoms in total. The zero-order chi connectivity index (χ0) is 41.7. The van der Waals surface area contributed by atoms with Crippen LogP contribution in [-0.2, 0) is 6.42 Å². The Morgan fingerprint density at radius 1 is 0.589 bits per heavy atom. The average Bonchev–Trinajstić information content (AvgIpc) is 3.10. The van der Waals surface area contributed by atoms with Gasteiger partial charge in [0.2, 0.25) is 0 Å². The number of phenols is 1. The molecule has 0 saturated heterocycles. The molecule has 2 atom stereocenters. The highest BCUT2D eigenvalue weighted by Crippen LogP contribution is 2.42. The first-order valence-corrected chi connectivity index (χ1v) is 21.9. The summed E-state index contributed by atoms with van der Waals surface area (Å²) in [5.74, 6) is 1.21. The van der Waals surface area contributed by atoms with Gasteiger partial charge in [0.05, 0.1) is 6.10 Å². The molecule has 1 heterocycles. The molecule has 0 aliphatic carbocycles. The van der Waals surface area contributed by atoms with E-state index in [0.29, 0.717) is 12.2 Å². The molecule has 2 rings (SSSR count). The molecule has 2 N–H and O–H groups in total. The fraction of sp³-hybridized carbons (Fsp3) is 0.585. The molecule has 0 spiro atoms. The number of fused-ring (bicyclic) bond motifs is 1. The quantitative estimate of drug-likeness (QED) is 0.103. The third-order valence-electron chi connectivity index (χ3n) is 11.6. The van der Waals surface area contributed by atoms with Gasteiger partial charge >= 0.3 is 0 Å². The maximum absolute atomic E-state index is 10.9. The van der Waals surface area contributed by atoms with Crippen LogP contribution in [0.5, 0.6) is 11.5 Å². The number of benzene rings is 1. The van der Waals surface area contributed by atoms with Crippen LogP contribution in [0.3, 0.4) is 0 Å². The number of aliphatic hydroxyl groups excluding tert-OH is 1. The second kappa shape index (κ2) is 25.9. The third kappa shape index (κ3) is 20.2. The molecule has 1 unspecified atom stereocenters. The van der Waals surface area contributed by atoms with E-state index < -0.39 is 11.7 Å². The summed E-state index contributed by atoms with van der Waals surface area (Å²) in [5, 5.41) is 21.2. The van der Waals surface area contributed by atoms with Crippen molar-refractivity contribution in [2.75, 3.05) is 0 Å². The summed E-state index contributed by atoms with van der Waals surface area (Å²) in [6.45, 7) is 26.2. The number of rotatable bonds is 24. The first-order chi connectivity index (χ1) is 26.5. The van der Waals surface area contributed by atoms with Gasteiger partial charge in [0.25, 0.3) is 0 Å². The molecule has 0 amide bonds. The van der Waals surface area contributed by atoms with Gasteiger partial charge in [0.15, 0.2) is 0 Å². The van der Waals surface area contributed by atoms with Crippen LogP contribution in [0, 0.1) is 13.8 Å². The van der Waals surface area contributed by atoms with Crippen molar-refractivity contribution in [2.45, 2.75) is 204 Å². The Bertz CT molecular complexity index is 1630. The lowest BCUT2D eigenvalue weighted by atomic mass is 9.86. The van der Waals surface area contributed by atoms with Crippen LogP contribution in [0.1, 0.15) is 189 Å². The Balaban J connectivity index is 1.63. The van der Waals surface area contributed by atoms with Crippen molar-refractivity contribution < 1.29 is 14.9 Å². The maximum atomic E-state index is 10.9. The fourth-order valence-electron chi connectivity index (χ4n) is 7.50. The Labute approximate surface area is 345 Å². The minimum Gasteiger partial charge on any atom is -0.508 e.